The third kappa shape index (κ3) is 4.79. The molecular formula is C30H30O2Si2. The van der Waals surface area contributed by atoms with Crippen LogP contribution in [0.3, 0.4) is 0 Å². The van der Waals surface area contributed by atoms with Crippen LogP contribution in [0.2, 0.25) is 19.6 Å². The lowest BCUT2D eigenvalue weighted by atomic mass is 10.2. The van der Waals surface area contributed by atoms with E-state index in [1.807, 2.05) is 78.9 Å². The topological polar surface area (TPSA) is 34.1 Å². The molecule has 0 aliphatic rings. The van der Waals surface area contributed by atoms with E-state index in [1.165, 1.54) is 0 Å². The van der Waals surface area contributed by atoms with Crippen LogP contribution in [-0.2, 0) is 6.04 Å². The Bertz CT molecular complexity index is 1270. The minimum Gasteiger partial charge on any atom is -0.300 e. The molecule has 1 unspecified atom stereocenters. The number of benzene rings is 4. The maximum absolute atomic E-state index is 13.9. The quantitative estimate of drug-likeness (QED) is 0.313. The van der Waals surface area contributed by atoms with Crippen molar-refractivity contribution in [3.05, 3.63) is 132 Å². The van der Waals surface area contributed by atoms with Gasteiger partial charge in [0.2, 0.25) is 0 Å². The summed E-state index contributed by atoms with van der Waals surface area (Å²) in [7, 11) is -4.88. The summed E-state index contributed by atoms with van der Waals surface area (Å²) in [5, 5.41) is 2.68. The van der Waals surface area contributed by atoms with Crippen molar-refractivity contribution in [1.82, 2.24) is 0 Å². The fraction of sp³-hybridized carbons (Fsp3) is 0.133. The number of carbonyl (C=O) groups excluding carboxylic acids is 2. The molecule has 4 rings (SSSR count). The summed E-state index contributed by atoms with van der Waals surface area (Å²) in [5.41, 5.74) is 2.71. The van der Waals surface area contributed by atoms with Gasteiger partial charge in [0.1, 0.15) is 13.5 Å². The van der Waals surface area contributed by atoms with Gasteiger partial charge in [-0.05, 0) is 16.4 Å². The zero-order chi connectivity index (χ0) is 24.2. The van der Waals surface area contributed by atoms with Crippen molar-refractivity contribution < 1.29 is 9.59 Å². The zero-order valence-corrected chi connectivity index (χ0v) is 22.0. The molecule has 4 aromatic carbocycles. The van der Waals surface area contributed by atoms with Gasteiger partial charge in [-0.1, -0.05) is 140 Å². The molecule has 0 spiro atoms. The number of hydrogen-bond donors (Lipinski definition) is 0. The second-order valence-electron chi connectivity index (χ2n) is 9.64. The first-order valence-electron chi connectivity index (χ1n) is 11.7. The van der Waals surface area contributed by atoms with E-state index in [2.05, 4.69) is 56.0 Å². The summed E-state index contributed by atoms with van der Waals surface area (Å²) in [5.74, 6) is 0. The molecule has 0 amide bonds. The molecule has 0 heterocycles. The van der Waals surface area contributed by atoms with Crippen molar-refractivity contribution in [3.63, 3.8) is 0 Å². The second kappa shape index (κ2) is 9.88. The van der Waals surface area contributed by atoms with E-state index in [9.17, 15) is 9.59 Å². The van der Waals surface area contributed by atoms with Crippen molar-refractivity contribution in [3.8, 4) is 0 Å². The standard InChI is InChI=1S/C30H30O2Si2/c1-33(2,29(31)25-13-7-4-8-14-25)23-24-19-21-28(22-20-24)34(3,27-17-11-6-12-18-27)30(32)26-15-9-5-10-16-26/h4-22H,23H2,1-3H3. The van der Waals surface area contributed by atoms with Gasteiger partial charge in [0, 0.05) is 11.1 Å². The van der Waals surface area contributed by atoms with Gasteiger partial charge >= 0.3 is 0 Å². The molecule has 2 nitrogen and oxygen atoms in total. The third-order valence-electron chi connectivity index (χ3n) is 6.67. The lowest BCUT2D eigenvalue weighted by Crippen LogP contribution is -2.62. The average Bonchev–Trinajstić information content (AvgIpc) is 2.89. The highest BCUT2D eigenvalue weighted by Crippen LogP contribution is 2.19. The van der Waals surface area contributed by atoms with E-state index in [0.29, 0.717) is 0 Å². The molecule has 0 fully saturated rings. The molecule has 0 aromatic heterocycles. The Morgan fingerprint density at radius 1 is 0.529 bits per heavy atom. The maximum Gasteiger partial charge on any atom is 0.196 e. The second-order valence-corrected chi connectivity index (χ2v) is 18.1. The summed E-state index contributed by atoms with van der Waals surface area (Å²) in [6, 6.07) is 38.6. The summed E-state index contributed by atoms with van der Waals surface area (Å²) >= 11 is 0. The van der Waals surface area contributed by atoms with Crippen molar-refractivity contribution in [2.24, 2.45) is 0 Å². The van der Waals surface area contributed by atoms with Gasteiger partial charge in [-0.25, -0.2) is 0 Å². The Labute approximate surface area is 204 Å². The lowest BCUT2D eigenvalue weighted by molar-refractivity contribution is 0.106. The Morgan fingerprint density at radius 2 is 0.941 bits per heavy atom. The molecule has 4 heteroatoms. The molecule has 0 radical (unpaired) electrons. The molecule has 34 heavy (non-hydrogen) atoms. The molecule has 170 valence electrons. The highest BCUT2D eigenvalue weighted by atomic mass is 28.3. The first kappa shape index (κ1) is 23.8. The molecule has 4 aromatic rings. The van der Waals surface area contributed by atoms with E-state index in [1.54, 1.807) is 0 Å². The van der Waals surface area contributed by atoms with Crippen LogP contribution in [-0.4, -0.2) is 27.0 Å². The van der Waals surface area contributed by atoms with Gasteiger partial charge in [0.15, 0.2) is 13.5 Å². The maximum atomic E-state index is 13.9. The van der Waals surface area contributed by atoms with Gasteiger partial charge in [-0.3, -0.25) is 4.79 Å². The van der Waals surface area contributed by atoms with Crippen LogP contribution in [0.15, 0.2) is 115 Å². The fourth-order valence-electron chi connectivity index (χ4n) is 4.61. The van der Waals surface area contributed by atoms with Gasteiger partial charge in [0.05, 0.1) is 0 Å². The van der Waals surface area contributed by atoms with Crippen molar-refractivity contribution in [2.75, 3.05) is 0 Å². The molecule has 0 aliphatic carbocycles. The van der Waals surface area contributed by atoms with Crippen molar-refractivity contribution >= 4 is 37.3 Å². The summed E-state index contributed by atoms with van der Waals surface area (Å²) in [6.45, 7) is 6.42. The van der Waals surface area contributed by atoms with Gasteiger partial charge in [-0.15, -0.1) is 0 Å². The molecule has 0 N–H and O–H groups in total. The SMILES string of the molecule is C[Si](C)(Cc1ccc([Si](C)(C(=O)c2ccccc2)c2ccccc2)cc1)C(=O)c1ccccc1. The van der Waals surface area contributed by atoms with Crippen LogP contribution < -0.4 is 10.4 Å². The molecular weight excluding hydrogens is 449 g/mol. The van der Waals surface area contributed by atoms with E-state index < -0.39 is 16.1 Å². The first-order valence-corrected chi connectivity index (χ1v) is 17.4. The highest BCUT2D eigenvalue weighted by Gasteiger charge is 2.40. The molecule has 0 bridgehead atoms. The highest BCUT2D eigenvalue weighted by molar-refractivity contribution is 7.23. The number of rotatable bonds is 8. The first-order chi connectivity index (χ1) is 16.3. The van der Waals surface area contributed by atoms with Crippen molar-refractivity contribution in [1.29, 1.82) is 0 Å². The predicted octanol–water partition coefficient (Wildman–Crippen LogP) is 5.51. The van der Waals surface area contributed by atoms with Crippen LogP contribution >= 0.6 is 0 Å². The van der Waals surface area contributed by atoms with Gasteiger partial charge in [0.25, 0.3) is 0 Å². The summed E-state index contributed by atoms with van der Waals surface area (Å²) in [6.07, 6.45) is 0. The van der Waals surface area contributed by atoms with E-state index >= 15 is 0 Å². The smallest absolute Gasteiger partial charge is 0.196 e. The molecule has 0 aliphatic heterocycles. The Balaban J connectivity index is 1.66. The Morgan fingerprint density at radius 3 is 1.44 bits per heavy atom. The normalized spacial score (nSPS) is 13.1. The minimum absolute atomic E-state index is 0.209. The average molecular weight is 479 g/mol. The molecule has 1 atom stereocenters. The summed E-state index contributed by atoms with van der Waals surface area (Å²) in [4.78, 5) is 27.0. The fourth-order valence-corrected chi connectivity index (χ4v) is 10.3. The predicted molar refractivity (Wildman–Crippen MR) is 147 cm³/mol. The largest absolute Gasteiger partial charge is 0.300 e. The van der Waals surface area contributed by atoms with Crippen LogP contribution in [0.4, 0.5) is 0 Å². The van der Waals surface area contributed by atoms with Gasteiger partial charge < -0.3 is 4.79 Å². The van der Waals surface area contributed by atoms with E-state index in [-0.39, 0.29) is 10.8 Å². The molecule has 0 saturated heterocycles. The summed E-state index contributed by atoms with van der Waals surface area (Å²) < 4.78 is 0. The van der Waals surface area contributed by atoms with E-state index in [4.69, 9.17) is 0 Å². The van der Waals surface area contributed by atoms with Crippen LogP contribution in [0.1, 0.15) is 26.3 Å². The van der Waals surface area contributed by atoms with Crippen molar-refractivity contribution in [2.45, 2.75) is 25.7 Å². The third-order valence-corrected chi connectivity index (χ3v) is 13.7. The molecule has 0 saturated carbocycles. The van der Waals surface area contributed by atoms with E-state index in [0.717, 1.165) is 33.1 Å². The van der Waals surface area contributed by atoms with Crippen LogP contribution in [0, 0.1) is 0 Å². The Kier molecular flexibility index (Phi) is 6.91. The van der Waals surface area contributed by atoms with Crippen LogP contribution in [0.5, 0.6) is 0 Å². The Hall–Kier alpha value is -3.35. The number of carbonyl (C=O) groups is 2. The van der Waals surface area contributed by atoms with Crippen LogP contribution in [0.25, 0.3) is 0 Å². The monoisotopic (exact) mass is 478 g/mol. The lowest BCUT2D eigenvalue weighted by Gasteiger charge is -2.28. The van der Waals surface area contributed by atoms with Gasteiger partial charge in [-0.2, -0.15) is 0 Å². The minimum atomic E-state index is -2.70. The number of hydrogen-bond acceptors (Lipinski definition) is 2. The zero-order valence-electron chi connectivity index (χ0n) is 20.0.